The summed E-state index contributed by atoms with van der Waals surface area (Å²) in [5.41, 5.74) is 9.07. The summed E-state index contributed by atoms with van der Waals surface area (Å²) in [6.07, 6.45) is 4.17. The first-order valence-corrected chi connectivity index (χ1v) is 11.2. The number of ether oxygens (including phenoxy) is 2. The van der Waals surface area contributed by atoms with Gasteiger partial charge in [-0.1, -0.05) is 0 Å². The molecule has 0 spiro atoms. The van der Waals surface area contributed by atoms with Crippen LogP contribution in [0.25, 0.3) is 0 Å². The summed E-state index contributed by atoms with van der Waals surface area (Å²) >= 11 is 0. The van der Waals surface area contributed by atoms with Gasteiger partial charge >= 0.3 is 0 Å². The molecule has 0 amide bonds. The second-order valence-electron chi connectivity index (χ2n) is 8.06. The number of hydrogen-bond acceptors (Lipinski definition) is 7. The molecular formula is C24H32N6O2. The lowest BCUT2D eigenvalue weighted by Crippen LogP contribution is -2.46. The molecule has 0 saturated carbocycles. The largest absolute Gasteiger partial charge is 0.494 e. The molecule has 1 aliphatic heterocycles. The molecule has 170 valence electrons. The molecule has 0 unspecified atom stereocenters. The number of rotatable bonds is 10. The fourth-order valence-electron chi connectivity index (χ4n) is 3.84. The van der Waals surface area contributed by atoms with Gasteiger partial charge in [0.2, 0.25) is 0 Å². The van der Waals surface area contributed by atoms with E-state index in [1.807, 2.05) is 19.1 Å². The average molecular weight is 437 g/mol. The maximum atomic E-state index is 5.88. The lowest BCUT2D eigenvalue weighted by atomic mass is 10.2. The smallest absolute Gasteiger partial charge is 0.137 e. The maximum absolute atomic E-state index is 5.88. The highest BCUT2D eigenvalue weighted by atomic mass is 16.5. The lowest BCUT2D eigenvalue weighted by Gasteiger charge is -2.37. The Morgan fingerprint density at radius 2 is 1.53 bits per heavy atom. The van der Waals surface area contributed by atoms with Crippen LogP contribution in [-0.2, 0) is 11.3 Å². The molecule has 1 aliphatic rings. The first kappa shape index (κ1) is 22.0. The van der Waals surface area contributed by atoms with Crippen molar-refractivity contribution in [3.63, 3.8) is 0 Å². The Bertz CT molecular complexity index is 922. The minimum Gasteiger partial charge on any atom is -0.494 e. The molecule has 1 aromatic heterocycles. The standard InChI is InChI=1S/C24H32N6O2/c1-20(17-30-19-26-18-27-30)31-15-2-16-32-24-9-7-23(8-10-24)29-13-11-28(12-14-29)22-5-3-21(25)4-6-22/h3-10,18-20H,2,11-17,25H2,1H3/t20-/m0/s1. The van der Waals surface area contributed by atoms with Crippen molar-refractivity contribution in [3.05, 3.63) is 61.2 Å². The van der Waals surface area contributed by atoms with Crippen molar-refractivity contribution in [2.45, 2.75) is 26.0 Å². The van der Waals surface area contributed by atoms with Crippen LogP contribution in [0.5, 0.6) is 5.75 Å². The highest BCUT2D eigenvalue weighted by Crippen LogP contribution is 2.23. The Kier molecular flexibility index (Phi) is 7.45. The van der Waals surface area contributed by atoms with Crippen LogP contribution in [0, 0.1) is 0 Å². The summed E-state index contributed by atoms with van der Waals surface area (Å²) < 4.78 is 13.5. The van der Waals surface area contributed by atoms with Crippen LogP contribution in [0.3, 0.4) is 0 Å². The van der Waals surface area contributed by atoms with E-state index in [0.29, 0.717) is 19.8 Å². The van der Waals surface area contributed by atoms with Gasteiger partial charge in [-0.3, -0.25) is 4.68 Å². The number of benzene rings is 2. The van der Waals surface area contributed by atoms with Crippen LogP contribution in [0.4, 0.5) is 17.1 Å². The molecule has 8 heteroatoms. The van der Waals surface area contributed by atoms with Crippen molar-refractivity contribution >= 4 is 17.1 Å². The van der Waals surface area contributed by atoms with Gasteiger partial charge in [-0.25, -0.2) is 4.98 Å². The maximum Gasteiger partial charge on any atom is 0.137 e. The number of aromatic nitrogens is 3. The summed E-state index contributed by atoms with van der Waals surface area (Å²) in [5.74, 6) is 0.893. The first-order valence-electron chi connectivity index (χ1n) is 11.2. The molecule has 0 radical (unpaired) electrons. The highest BCUT2D eigenvalue weighted by molar-refractivity contribution is 5.55. The van der Waals surface area contributed by atoms with Gasteiger partial charge in [0, 0.05) is 49.7 Å². The summed E-state index contributed by atoms with van der Waals surface area (Å²) in [6.45, 7) is 8.02. The number of nitrogens with zero attached hydrogens (tertiary/aromatic N) is 5. The number of piperazine rings is 1. The molecule has 1 atom stereocenters. The van der Waals surface area contributed by atoms with Crippen molar-refractivity contribution in [2.24, 2.45) is 0 Å². The van der Waals surface area contributed by atoms with Crippen LogP contribution < -0.4 is 20.3 Å². The Morgan fingerprint density at radius 3 is 2.12 bits per heavy atom. The number of nitrogens with two attached hydrogens (primary N) is 1. The lowest BCUT2D eigenvalue weighted by molar-refractivity contribution is 0.0446. The second-order valence-corrected chi connectivity index (χ2v) is 8.06. The number of nitrogen functional groups attached to an aromatic ring is 1. The minimum absolute atomic E-state index is 0.0940. The summed E-state index contributed by atoms with van der Waals surface area (Å²) in [4.78, 5) is 8.76. The van der Waals surface area contributed by atoms with Crippen molar-refractivity contribution < 1.29 is 9.47 Å². The molecule has 3 aromatic rings. The Hall–Kier alpha value is -3.26. The van der Waals surface area contributed by atoms with E-state index in [9.17, 15) is 0 Å². The van der Waals surface area contributed by atoms with Gasteiger partial charge in [-0.15, -0.1) is 0 Å². The van der Waals surface area contributed by atoms with E-state index < -0.39 is 0 Å². The average Bonchev–Trinajstić information content (AvgIpc) is 3.33. The SMILES string of the molecule is C[C@@H](Cn1cncn1)OCCCOc1ccc(N2CCN(c3ccc(N)cc3)CC2)cc1. The Labute approximate surface area is 189 Å². The molecule has 8 nitrogen and oxygen atoms in total. The van der Waals surface area contributed by atoms with Crippen molar-refractivity contribution in [1.29, 1.82) is 0 Å². The van der Waals surface area contributed by atoms with Gasteiger partial charge in [0.1, 0.15) is 18.4 Å². The van der Waals surface area contributed by atoms with E-state index in [-0.39, 0.29) is 6.10 Å². The number of hydrogen-bond donors (Lipinski definition) is 1. The van der Waals surface area contributed by atoms with Crippen molar-refractivity contribution in [2.75, 3.05) is 54.9 Å². The molecule has 2 heterocycles. The summed E-state index contributed by atoms with van der Waals surface area (Å²) in [7, 11) is 0. The molecule has 2 N–H and O–H groups in total. The van der Waals surface area contributed by atoms with E-state index in [0.717, 1.165) is 44.0 Å². The third-order valence-electron chi connectivity index (χ3n) is 5.61. The van der Waals surface area contributed by atoms with E-state index in [4.69, 9.17) is 15.2 Å². The monoisotopic (exact) mass is 436 g/mol. The molecule has 1 saturated heterocycles. The van der Waals surface area contributed by atoms with E-state index in [1.165, 1.54) is 17.7 Å². The van der Waals surface area contributed by atoms with E-state index in [1.54, 1.807) is 11.0 Å². The molecule has 0 bridgehead atoms. The zero-order chi connectivity index (χ0) is 22.2. The summed E-state index contributed by atoms with van der Waals surface area (Å²) in [6, 6.07) is 16.5. The molecule has 2 aromatic carbocycles. The topological polar surface area (TPSA) is 81.7 Å². The van der Waals surface area contributed by atoms with Crippen LogP contribution >= 0.6 is 0 Å². The van der Waals surface area contributed by atoms with E-state index >= 15 is 0 Å². The minimum atomic E-state index is 0.0940. The van der Waals surface area contributed by atoms with Gasteiger partial charge in [0.25, 0.3) is 0 Å². The predicted octanol–water partition coefficient (Wildman–Crippen LogP) is 3.06. The van der Waals surface area contributed by atoms with Gasteiger partial charge in [0.15, 0.2) is 0 Å². The normalized spacial score (nSPS) is 15.0. The van der Waals surface area contributed by atoms with Gasteiger partial charge in [0.05, 0.1) is 25.9 Å². The molecular weight excluding hydrogens is 404 g/mol. The fraction of sp³-hybridized carbons (Fsp3) is 0.417. The number of anilines is 3. The van der Waals surface area contributed by atoms with Crippen LogP contribution in [-0.4, -0.2) is 60.3 Å². The summed E-state index contributed by atoms with van der Waals surface area (Å²) in [5, 5.41) is 4.09. The third-order valence-corrected chi connectivity index (χ3v) is 5.61. The Morgan fingerprint density at radius 1 is 0.906 bits per heavy atom. The molecule has 4 rings (SSSR count). The quantitative estimate of drug-likeness (QED) is 0.386. The molecule has 0 aliphatic carbocycles. The fourth-order valence-corrected chi connectivity index (χ4v) is 3.84. The third kappa shape index (κ3) is 6.13. The van der Waals surface area contributed by atoms with Crippen LogP contribution in [0.2, 0.25) is 0 Å². The van der Waals surface area contributed by atoms with E-state index in [2.05, 4.69) is 56.3 Å². The van der Waals surface area contributed by atoms with Crippen LogP contribution in [0.1, 0.15) is 13.3 Å². The van der Waals surface area contributed by atoms with Crippen LogP contribution in [0.15, 0.2) is 61.2 Å². The molecule has 32 heavy (non-hydrogen) atoms. The van der Waals surface area contributed by atoms with Gasteiger partial charge < -0.3 is 25.0 Å². The highest BCUT2D eigenvalue weighted by Gasteiger charge is 2.17. The van der Waals surface area contributed by atoms with Crippen molar-refractivity contribution in [3.8, 4) is 5.75 Å². The molecule has 1 fully saturated rings. The first-order chi connectivity index (χ1) is 15.7. The zero-order valence-electron chi connectivity index (χ0n) is 18.6. The second kappa shape index (κ2) is 10.9. The predicted molar refractivity (Wildman–Crippen MR) is 127 cm³/mol. The zero-order valence-corrected chi connectivity index (χ0v) is 18.6. The van der Waals surface area contributed by atoms with Gasteiger partial charge in [-0.05, 0) is 55.5 Å². The van der Waals surface area contributed by atoms with Crippen molar-refractivity contribution in [1.82, 2.24) is 14.8 Å². The Balaban J connectivity index is 1.14. The van der Waals surface area contributed by atoms with Gasteiger partial charge in [-0.2, -0.15) is 5.10 Å².